The van der Waals surface area contributed by atoms with Crippen LogP contribution in [0.25, 0.3) is 11.1 Å². The van der Waals surface area contributed by atoms with Crippen molar-refractivity contribution in [2.45, 2.75) is 117 Å². The van der Waals surface area contributed by atoms with Crippen molar-refractivity contribution in [3.05, 3.63) is 48.5 Å². The smallest absolute Gasteiger partial charge is 0.119 e. The fraction of sp³-hybridized carbons (Fsp3) is 0.600. The van der Waals surface area contributed by atoms with Crippen LogP contribution in [-0.4, -0.2) is 12.2 Å². The fourth-order valence-corrected chi connectivity index (χ4v) is 4.13. The van der Waals surface area contributed by atoms with E-state index in [1.165, 1.54) is 62.5 Å². The number of benzene rings is 2. The molecule has 178 valence electrons. The van der Waals surface area contributed by atoms with Crippen molar-refractivity contribution < 1.29 is 9.47 Å². The van der Waals surface area contributed by atoms with Crippen LogP contribution in [0.2, 0.25) is 0 Å². The topological polar surface area (TPSA) is 18.5 Å². The average molecular weight is 439 g/mol. The monoisotopic (exact) mass is 438 g/mol. The molecular weight excluding hydrogens is 392 g/mol. The third-order valence-corrected chi connectivity index (χ3v) is 6.32. The van der Waals surface area contributed by atoms with Crippen LogP contribution < -0.4 is 9.47 Å². The first-order valence-corrected chi connectivity index (χ1v) is 13.2. The van der Waals surface area contributed by atoms with Crippen molar-refractivity contribution in [3.8, 4) is 22.6 Å². The van der Waals surface area contributed by atoms with Gasteiger partial charge in [0.15, 0.2) is 0 Å². The van der Waals surface area contributed by atoms with E-state index < -0.39 is 0 Å². The van der Waals surface area contributed by atoms with Crippen molar-refractivity contribution in [2.75, 3.05) is 0 Å². The molecule has 0 N–H and O–H groups in total. The number of hydrogen-bond donors (Lipinski definition) is 0. The van der Waals surface area contributed by atoms with E-state index in [1.807, 2.05) is 0 Å². The van der Waals surface area contributed by atoms with Gasteiger partial charge in [0.2, 0.25) is 0 Å². The average Bonchev–Trinajstić information content (AvgIpc) is 2.84. The van der Waals surface area contributed by atoms with Gasteiger partial charge in [0.1, 0.15) is 11.5 Å². The first kappa shape index (κ1) is 26.3. The Morgan fingerprint density at radius 3 is 1.19 bits per heavy atom. The van der Waals surface area contributed by atoms with Crippen LogP contribution in [0.3, 0.4) is 0 Å². The van der Waals surface area contributed by atoms with Gasteiger partial charge in [0.05, 0.1) is 12.2 Å². The van der Waals surface area contributed by atoms with Gasteiger partial charge in [-0.25, -0.2) is 0 Å². The molecule has 0 aliphatic rings. The maximum Gasteiger partial charge on any atom is 0.119 e. The van der Waals surface area contributed by atoms with Crippen molar-refractivity contribution in [1.29, 1.82) is 0 Å². The maximum absolute atomic E-state index is 6.24. The standard InChI is InChI=1S/C30H46O2/c1-5-9-11-13-15-27(7-3)31-29-21-17-25(18-22-29)26-19-23-30(24-20-26)32-28(8-4)16-14-12-10-6-2/h17-24,27-28H,5-16H2,1-4H3/t27-,28-/m1/s1. The lowest BCUT2D eigenvalue weighted by Gasteiger charge is -2.18. The minimum absolute atomic E-state index is 0.322. The van der Waals surface area contributed by atoms with Gasteiger partial charge in [-0.15, -0.1) is 0 Å². The molecule has 0 unspecified atom stereocenters. The van der Waals surface area contributed by atoms with Crippen LogP contribution in [0.4, 0.5) is 0 Å². The molecule has 0 aromatic heterocycles. The van der Waals surface area contributed by atoms with E-state index in [2.05, 4.69) is 76.2 Å². The summed E-state index contributed by atoms with van der Waals surface area (Å²) < 4.78 is 12.5. The molecule has 0 bridgehead atoms. The van der Waals surface area contributed by atoms with Gasteiger partial charge in [-0.3, -0.25) is 0 Å². The molecule has 0 radical (unpaired) electrons. The zero-order chi connectivity index (χ0) is 23.0. The van der Waals surface area contributed by atoms with E-state index >= 15 is 0 Å². The van der Waals surface area contributed by atoms with E-state index in [0.29, 0.717) is 12.2 Å². The van der Waals surface area contributed by atoms with E-state index in [0.717, 1.165) is 37.2 Å². The zero-order valence-electron chi connectivity index (χ0n) is 21.1. The molecule has 2 nitrogen and oxygen atoms in total. The second-order valence-electron chi connectivity index (χ2n) is 9.04. The van der Waals surface area contributed by atoms with Gasteiger partial charge in [-0.1, -0.05) is 90.5 Å². The van der Waals surface area contributed by atoms with E-state index in [1.54, 1.807) is 0 Å². The number of hydrogen-bond acceptors (Lipinski definition) is 2. The minimum atomic E-state index is 0.322. The molecule has 0 amide bonds. The molecule has 0 saturated heterocycles. The maximum atomic E-state index is 6.24. The molecule has 32 heavy (non-hydrogen) atoms. The first-order valence-electron chi connectivity index (χ1n) is 13.2. The Morgan fingerprint density at radius 2 is 0.875 bits per heavy atom. The Bertz CT molecular complexity index is 641. The minimum Gasteiger partial charge on any atom is -0.490 e. The van der Waals surface area contributed by atoms with Crippen LogP contribution >= 0.6 is 0 Å². The highest BCUT2D eigenvalue weighted by Gasteiger charge is 2.10. The Morgan fingerprint density at radius 1 is 0.500 bits per heavy atom. The molecule has 0 heterocycles. The molecule has 2 aromatic rings. The number of ether oxygens (including phenoxy) is 2. The highest BCUT2D eigenvalue weighted by molar-refractivity contribution is 5.64. The summed E-state index contributed by atoms with van der Waals surface area (Å²) in [5.74, 6) is 1.95. The molecule has 0 aliphatic heterocycles. The molecule has 2 rings (SSSR count). The predicted octanol–water partition coefficient (Wildman–Crippen LogP) is 9.61. The van der Waals surface area contributed by atoms with E-state index in [-0.39, 0.29) is 0 Å². The van der Waals surface area contributed by atoms with Crippen LogP contribution in [0.5, 0.6) is 11.5 Å². The highest BCUT2D eigenvalue weighted by Crippen LogP contribution is 2.27. The third kappa shape index (κ3) is 9.67. The molecule has 0 spiro atoms. The third-order valence-electron chi connectivity index (χ3n) is 6.32. The summed E-state index contributed by atoms with van der Waals surface area (Å²) in [5.41, 5.74) is 2.43. The molecule has 0 aliphatic carbocycles. The normalized spacial score (nSPS) is 13.0. The quantitative estimate of drug-likeness (QED) is 0.229. The summed E-state index contributed by atoms with van der Waals surface area (Å²) >= 11 is 0. The molecule has 0 fully saturated rings. The van der Waals surface area contributed by atoms with Crippen LogP contribution in [0, 0.1) is 0 Å². The Kier molecular flexibility index (Phi) is 13.0. The Labute approximate surface area is 197 Å². The second-order valence-corrected chi connectivity index (χ2v) is 9.04. The second kappa shape index (κ2) is 15.8. The van der Waals surface area contributed by atoms with Crippen LogP contribution in [0.1, 0.15) is 105 Å². The van der Waals surface area contributed by atoms with Gasteiger partial charge in [0.25, 0.3) is 0 Å². The zero-order valence-corrected chi connectivity index (χ0v) is 21.1. The summed E-state index contributed by atoms with van der Waals surface area (Å²) in [6.07, 6.45) is 15.4. The van der Waals surface area contributed by atoms with Gasteiger partial charge in [-0.05, 0) is 73.9 Å². The fourth-order valence-electron chi connectivity index (χ4n) is 4.13. The summed E-state index contributed by atoms with van der Waals surface area (Å²) in [6.45, 7) is 8.95. The van der Waals surface area contributed by atoms with Crippen molar-refractivity contribution in [2.24, 2.45) is 0 Å². The highest BCUT2D eigenvalue weighted by atomic mass is 16.5. The first-order chi connectivity index (χ1) is 15.7. The summed E-state index contributed by atoms with van der Waals surface area (Å²) in [7, 11) is 0. The molecule has 2 aromatic carbocycles. The van der Waals surface area contributed by atoms with Crippen LogP contribution in [0.15, 0.2) is 48.5 Å². The lowest BCUT2D eigenvalue weighted by atomic mass is 10.0. The van der Waals surface area contributed by atoms with E-state index in [9.17, 15) is 0 Å². The molecular formula is C30H46O2. The number of unbranched alkanes of at least 4 members (excludes halogenated alkanes) is 6. The lowest BCUT2D eigenvalue weighted by molar-refractivity contribution is 0.182. The molecule has 2 heteroatoms. The van der Waals surface area contributed by atoms with Crippen molar-refractivity contribution >= 4 is 0 Å². The van der Waals surface area contributed by atoms with Gasteiger partial charge < -0.3 is 9.47 Å². The SMILES string of the molecule is CCCCCC[C@@H](CC)Oc1ccc(-c2ccc(O[C@H](CC)CCCCCC)cc2)cc1. The van der Waals surface area contributed by atoms with Gasteiger partial charge >= 0.3 is 0 Å². The van der Waals surface area contributed by atoms with Gasteiger partial charge in [-0.2, -0.15) is 0 Å². The molecule has 2 atom stereocenters. The largest absolute Gasteiger partial charge is 0.490 e. The van der Waals surface area contributed by atoms with Gasteiger partial charge in [0, 0.05) is 0 Å². The summed E-state index contributed by atoms with van der Waals surface area (Å²) in [6, 6.07) is 17.1. The van der Waals surface area contributed by atoms with Crippen molar-refractivity contribution in [1.82, 2.24) is 0 Å². The summed E-state index contributed by atoms with van der Waals surface area (Å²) in [4.78, 5) is 0. The predicted molar refractivity (Wildman–Crippen MR) is 139 cm³/mol. The number of rotatable bonds is 17. The van der Waals surface area contributed by atoms with Crippen LogP contribution in [-0.2, 0) is 0 Å². The Hall–Kier alpha value is -1.96. The van der Waals surface area contributed by atoms with E-state index in [4.69, 9.17) is 9.47 Å². The molecule has 0 saturated carbocycles. The van der Waals surface area contributed by atoms with Crippen molar-refractivity contribution in [3.63, 3.8) is 0 Å². The summed E-state index contributed by atoms with van der Waals surface area (Å²) in [5, 5.41) is 0. The lowest BCUT2D eigenvalue weighted by Crippen LogP contribution is -2.15. The Balaban J connectivity index is 1.86.